The first-order chi connectivity index (χ1) is 20.8. The van der Waals surface area contributed by atoms with E-state index in [2.05, 4.69) is 23.6 Å². The normalized spacial score (nSPS) is 12.8. The van der Waals surface area contributed by atoms with Crippen LogP contribution in [0.3, 0.4) is 0 Å². The summed E-state index contributed by atoms with van der Waals surface area (Å²) >= 11 is 1.61. The van der Waals surface area contributed by atoms with Crippen molar-refractivity contribution in [1.82, 2.24) is 10.2 Å². The molecule has 0 saturated carbocycles. The third-order valence-electron chi connectivity index (χ3n) is 7.48. The average molecular weight is 626 g/mol. The van der Waals surface area contributed by atoms with Crippen molar-refractivity contribution in [2.45, 2.75) is 118 Å². The van der Waals surface area contributed by atoms with E-state index in [9.17, 15) is 14.4 Å². The van der Waals surface area contributed by atoms with Gasteiger partial charge in [0.25, 0.3) is 5.91 Å². The molecule has 2 unspecified atom stereocenters. The molecule has 0 heterocycles. The Morgan fingerprint density at radius 1 is 0.909 bits per heavy atom. The summed E-state index contributed by atoms with van der Waals surface area (Å²) in [5.41, 5.74) is 4.75. The van der Waals surface area contributed by atoms with Gasteiger partial charge in [-0.3, -0.25) is 9.59 Å². The molecular formula is C36H55N3O4S. The molecule has 8 heteroatoms. The summed E-state index contributed by atoms with van der Waals surface area (Å²) in [4.78, 5) is 43.5. The van der Waals surface area contributed by atoms with Gasteiger partial charge in [-0.1, -0.05) is 86.6 Å². The molecule has 2 aromatic carbocycles. The Labute approximate surface area is 270 Å². The van der Waals surface area contributed by atoms with E-state index >= 15 is 0 Å². The number of unbranched alkanes of at least 4 members (excludes halogenated alkanes) is 5. The molecule has 2 N–H and O–H groups in total. The summed E-state index contributed by atoms with van der Waals surface area (Å²) < 4.78 is 5.54. The van der Waals surface area contributed by atoms with E-state index in [-0.39, 0.29) is 11.8 Å². The fourth-order valence-corrected chi connectivity index (χ4v) is 5.89. The van der Waals surface area contributed by atoms with E-state index in [0.29, 0.717) is 18.7 Å². The Balaban J connectivity index is 2.59. The highest BCUT2D eigenvalue weighted by molar-refractivity contribution is 7.98. The smallest absolute Gasteiger partial charge is 0.408 e. The van der Waals surface area contributed by atoms with Crippen LogP contribution in [0.15, 0.2) is 36.4 Å². The molecule has 0 saturated heterocycles. The van der Waals surface area contributed by atoms with Gasteiger partial charge in [-0.25, -0.2) is 4.79 Å². The van der Waals surface area contributed by atoms with Gasteiger partial charge in [0.1, 0.15) is 17.7 Å². The van der Waals surface area contributed by atoms with Crippen molar-refractivity contribution >= 4 is 35.4 Å². The number of amides is 3. The van der Waals surface area contributed by atoms with Crippen LogP contribution in [0.4, 0.5) is 10.5 Å². The van der Waals surface area contributed by atoms with Crippen molar-refractivity contribution < 1.29 is 19.1 Å². The number of carbonyl (C=O) groups is 3. The number of alkyl carbamates (subject to hydrolysis) is 1. The minimum absolute atomic E-state index is 0.271. The largest absolute Gasteiger partial charge is 0.444 e. The summed E-state index contributed by atoms with van der Waals surface area (Å²) in [6.45, 7) is 15.9. The Kier molecular flexibility index (Phi) is 15.3. The van der Waals surface area contributed by atoms with Crippen LogP contribution >= 0.6 is 11.8 Å². The van der Waals surface area contributed by atoms with Crippen LogP contribution in [0.25, 0.3) is 0 Å². The van der Waals surface area contributed by atoms with E-state index < -0.39 is 23.8 Å². The van der Waals surface area contributed by atoms with E-state index in [1.165, 1.54) is 6.42 Å². The number of anilines is 1. The van der Waals surface area contributed by atoms with Crippen LogP contribution in [0.2, 0.25) is 0 Å². The lowest BCUT2D eigenvalue weighted by atomic mass is 9.97. The average Bonchev–Trinajstić information content (AvgIpc) is 2.92. The lowest BCUT2D eigenvalue weighted by Gasteiger charge is -2.35. The SMILES string of the molecule is CCCCCCCCN(C(=O)C(CCSC)NC(=O)OC(C)(C)C)C(C(=O)Nc1c(C)cccc1C)c1cc(C)cc(C)c1. The highest BCUT2D eigenvalue weighted by atomic mass is 32.2. The van der Waals surface area contributed by atoms with Crippen molar-refractivity contribution in [2.24, 2.45) is 0 Å². The van der Waals surface area contributed by atoms with Crippen LogP contribution in [-0.4, -0.2) is 53.0 Å². The maximum atomic E-state index is 14.6. The summed E-state index contributed by atoms with van der Waals surface area (Å²) in [6, 6.07) is 10.2. The zero-order valence-corrected chi connectivity index (χ0v) is 29.3. The molecule has 244 valence electrons. The van der Waals surface area contributed by atoms with E-state index in [0.717, 1.165) is 65.6 Å². The minimum atomic E-state index is -0.882. The highest BCUT2D eigenvalue weighted by Gasteiger charge is 2.36. The predicted octanol–water partition coefficient (Wildman–Crippen LogP) is 8.44. The number of hydrogen-bond acceptors (Lipinski definition) is 5. The molecule has 2 aromatic rings. The molecule has 3 amide bonds. The summed E-state index contributed by atoms with van der Waals surface area (Å²) in [7, 11) is 0. The van der Waals surface area contributed by atoms with Gasteiger partial charge in [0.05, 0.1) is 0 Å². The number of thioether (sulfide) groups is 1. The van der Waals surface area contributed by atoms with Crippen molar-refractivity contribution in [2.75, 3.05) is 23.9 Å². The molecule has 44 heavy (non-hydrogen) atoms. The van der Waals surface area contributed by atoms with Gasteiger partial charge < -0.3 is 20.3 Å². The second-order valence-electron chi connectivity index (χ2n) is 12.9. The first-order valence-corrected chi connectivity index (χ1v) is 17.4. The number of para-hydroxylation sites is 1. The lowest BCUT2D eigenvalue weighted by Crippen LogP contribution is -2.53. The first-order valence-electron chi connectivity index (χ1n) is 16.0. The monoisotopic (exact) mass is 625 g/mol. The van der Waals surface area contributed by atoms with Gasteiger partial charge >= 0.3 is 6.09 Å². The van der Waals surface area contributed by atoms with Crippen LogP contribution in [0.5, 0.6) is 0 Å². The van der Waals surface area contributed by atoms with Gasteiger partial charge in [-0.2, -0.15) is 11.8 Å². The van der Waals surface area contributed by atoms with Gasteiger partial charge in [0.15, 0.2) is 0 Å². The topological polar surface area (TPSA) is 87.7 Å². The molecule has 0 aliphatic carbocycles. The summed E-state index contributed by atoms with van der Waals surface area (Å²) in [5.74, 6) is 0.117. The molecule has 0 aliphatic heterocycles. The molecule has 0 fully saturated rings. The maximum Gasteiger partial charge on any atom is 0.408 e. The Bertz CT molecular complexity index is 1200. The highest BCUT2D eigenvalue weighted by Crippen LogP contribution is 2.29. The molecule has 7 nitrogen and oxygen atoms in total. The van der Waals surface area contributed by atoms with Crippen LogP contribution < -0.4 is 10.6 Å². The molecule has 2 atom stereocenters. The number of benzene rings is 2. The number of nitrogens with zero attached hydrogens (tertiary/aromatic N) is 1. The summed E-state index contributed by atoms with van der Waals surface area (Å²) in [5, 5.41) is 6.02. The van der Waals surface area contributed by atoms with Crippen molar-refractivity contribution in [3.63, 3.8) is 0 Å². The number of ether oxygens (including phenoxy) is 1. The number of rotatable bonds is 16. The zero-order valence-electron chi connectivity index (χ0n) is 28.5. The molecule has 0 radical (unpaired) electrons. The quantitative estimate of drug-likeness (QED) is 0.183. The van der Waals surface area contributed by atoms with Crippen molar-refractivity contribution in [3.8, 4) is 0 Å². The van der Waals surface area contributed by atoms with Crippen molar-refractivity contribution in [3.05, 3.63) is 64.2 Å². The molecule has 0 bridgehead atoms. The number of aryl methyl sites for hydroxylation is 4. The third-order valence-corrected chi connectivity index (χ3v) is 8.13. The lowest BCUT2D eigenvalue weighted by molar-refractivity contribution is -0.141. The Morgan fingerprint density at radius 2 is 1.50 bits per heavy atom. The third kappa shape index (κ3) is 12.2. The van der Waals surface area contributed by atoms with E-state index in [4.69, 9.17) is 4.74 Å². The fourth-order valence-electron chi connectivity index (χ4n) is 5.42. The number of nitrogens with one attached hydrogen (secondary N) is 2. The zero-order chi connectivity index (χ0) is 32.9. The number of hydrogen-bond donors (Lipinski definition) is 2. The van der Waals surface area contributed by atoms with Crippen LogP contribution in [0, 0.1) is 27.7 Å². The Hall–Kier alpha value is -3.00. The van der Waals surface area contributed by atoms with Gasteiger partial charge in [-0.15, -0.1) is 0 Å². The second-order valence-corrected chi connectivity index (χ2v) is 13.8. The maximum absolute atomic E-state index is 14.6. The fraction of sp³-hybridized carbons (Fsp3) is 0.583. The van der Waals surface area contributed by atoms with Crippen molar-refractivity contribution in [1.29, 1.82) is 0 Å². The van der Waals surface area contributed by atoms with Gasteiger partial charge in [-0.05, 0) is 90.0 Å². The van der Waals surface area contributed by atoms with Crippen LogP contribution in [0.1, 0.15) is 106 Å². The molecule has 0 spiro atoms. The van der Waals surface area contributed by atoms with Crippen LogP contribution in [-0.2, 0) is 14.3 Å². The van der Waals surface area contributed by atoms with Gasteiger partial charge in [0, 0.05) is 12.2 Å². The predicted molar refractivity (Wildman–Crippen MR) is 184 cm³/mol. The van der Waals surface area contributed by atoms with E-state index in [1.807, 2.05) is 64.3 Å². The first kappa shape index (κ1) is 37.2. The molecule has 0 aliphatic rings. The second kappa shape index (κ2) is 18.1. The Morgan fingerprint density at radius 3 is 2.07 bits per heavy atom. The standard InChI is InChI=1S/C36H55N3O4S/c1-10-11-12-13-14-15-20-39(34(41)30(19-21-44-9)37-35(42)43-36(6,7)8)32(29-23-25(2)22-26(3)24-29)33(40)38-31-27(4)17-16-18-28(31)5/h16-18,22-24,30,32H,10-15,19-21H2,1-9H3,(H,37,42)(H,38,40). The van der Waals surface area contributed by atoms with E-state index in [1.54, 1.807) is 37.4 Å². The molecule has 0 aromatic heterocycles. The summed E-state index contributed by atoms with van der Waals surface area (Å²) in [6.07, 6.45) is 8.03. The van der Waals surface area contributed by atoms with Gasteiger partial charge in [0.2, 0.25) is 5.91 Å². The number of carbonyl (C=O) groups excluding carboxylic acids is 3. The molecular weight excluding hydrogens is 570 g/mol. The minimum Gasteiger partial charge on any atom is -0.444 e. The molecule has 2 rings (SSSR count).